The molecular formula is C18H36N2. The molecule has 2 unspecified atom stereocenters. The predicted molar refractivity (Wildman–Crippen MR) is 87.8 cm³/mol. The Labute approximate surface area is 126 Å². The molecule has 0 radical (unpaired) electrons. The highest BCUT2D eigenvalue weighted by Crippen LogP contribution is 2.37. The molecule has 0 amide bonds. The molecule has 0 aromatic carbocycles. The minimum atomic E-state index is 0.298. The van der Waals surface area contributed by atoms with Gasteiger partial charge >= 0.3 is 0 Å². The highest BCUT2D eigenvalue weighted by molar-refractivity contribution is 4.94. The lowest BCUT2D eigenvalue weighted by Gasteiger charge is -2.42. The summed E-state index contributed by atoms with van der Waals surface area (Å²) in [5.41, 5.74) is 6.56. The summed E-state index contributed by atoms with van der Waals surface area (Å²) in [4.78, 5) is 2.66. The zero-order valence-electron chi connectivity index (χ0n) is 14.0. The molecule has 2 atom stereocenters. The van der Waals surface area contributed by atoms with Gasteiger partial charge in [0.05, 0.1) is 0 Å². The first-order valence-corrected chi connectivity index (χ1v) is 8.99. The second-order valence-corrected chi connectivity index (χ2v) is 7.89. The molecule has 0 aromatic heterocycles. The maximum Gasteiger partial charge on any atom is 0.0328 e. The van der Waals surface area contributed by atoms with Crippen LogP contribution in [0.2, 0.25) is 0 Å². The van der Waals surface area contributed by atoms with Gasteiger partial charge in [0.1, 0.15) is 0 Å². The van der Waals surface area contributed by atoms with Crippen molar-refractivity contribution < 1.29 is 0 Å². The monoisotopic (exact) mass is 280 g/mol. The number of nitrogens with zero attached hydrogens (tertiary/aromatic N) is 1. The molecule has 2 nitrogen and oxygen atoms in total. The molecule has 0 bridgehead atoms. The maximum absolute atomic E-state index is 6.26. The van der Waals surface area contributed by atoms with Crippen LogP contribution >= 0.6 is 0 Å². The van der Waals surface area contributed by atoms with Gasteiger partial charge in [-0.3, -0.25) is 4.90 Å². The van der Waals surface area contributed by atoms with Gasteiger partial charge in [-0.2, -0.15) is 0 Å². The number of hydrogen-bond acceptors (Lipinski definition) is 2. The topological polar surface area (TPSA) is 29.3 Å². The van der Waals surface area contributed by atoms with Gasteiger partial charge in [0, 0.05) is 18.6 Å². The molecule has 20 heavy (non-hydrogen) atoms. The SMILES string of the molecule is CC(C)C1CCCC(CN)(N(C)CC2CCCC2)CC1. The van der Waals surface area contributed by atoms with Crippen LogP contribution in [0.3, 0.4) is 0 Å². The Balaban J connectivity index is 1.96. The van der Waals surface area contributed by atoms with Crippen LogP contribution in [0.4, 0.5) is 0 Å². The lowest BCUT2D eigenvalue weighted by molar-refractivity contribution is 0.0880. The molecule has 2 N–H and O–H groups in total. The van der Waals surface area contributed by atoms with E-state index in [4.69, 9.17) is 5.73 Å². The van der Waals surface area contributed by atoms with Crippen molar-refractivity contribution in [3.05, 3.63) is 0 Å². The quantitative estimate of drug-likeness (QED) is 0.770. The van der Waals surface area contributed by atoms with E-state index < -0.39 is 0 Å². The zero-order chi connectivity index (χ0) is 14.6. The third kappa shape index (κ3) is 3.76. The fraction of sp³-hybridized carbons (Fsp3) is 1.00. The number of hydrogen-bond donors (Lipinski definition) is 1. The lowest BCUT2D eigenvalue weighted by atomic mass is 9.85. The van der Waals surface area contributed by atoms with E-state index in [0.29, 0.717) is 5.54 Å². The summed E-state index contributed by atoms with van der Waals surface area (Å²) >= 11 is 0. The Morgan fingerprint density at radius 3 is 2.35 bits per heavy atom. The van der Waals surface area contributed by atoms with Gasteiger partial charge in [0.2, 0.25) is 0 Å². The molecule has 2 aliphatic rings. The third-order valence-electron chi connectivity index (χ3n) is 6.34. The summed E-state index contributed by atoms with van der Waals surface area (Å²) in [6, 6.07) is 0. The molecule has 2 saturated carbocycles. The van der Waals surface area contributed by atoms with E-state index in [1.165, 1.54) is 64.3 Å². The van der Waals surface area contributed by atoms with E-state index in [1.54, 1.807) is 0 Å². The summed E-state index contributed by atoms with van der Waals surface area (Å²) in [7, 11) is 2.35. The smallest absolute Gasteiger partial charge is 0.0328 e. The number of nitrogens with two attached hydrogens (primary N) is 1. The largest absolute Gasteiger partial charge is 0.329 e. The van der Waals surface area contributed by atoms with Crippen LogP contribution in [0.1, 0.15) is 71.6 Å². The van der Waals surface area contributed by atoms with Crippen molar-refractivity contribution in [2.45, 2.75) is 77.2 Å². The average molecular weight is 280 g/mol. The van der Waals surface area contributed by atoms with Crippen molar-refractivity contribution in [3.8, 4) is 0 Å². The first-order chi connectivity index (χ1) is 9.57. The Morgan fingerprint density at radius 1 is 1.05 bits per heavy atom. The normalized spacial score (nSPS) is 33.0. The predicted octanol–water partition coefficient (Wildman–Crippen LogP) is 4.04. The van der Waals surface area contributed by atoms with Crippen molar-refractivity contribution in [3.63, 3.8) is 0 Å². The maximum atomic E-state index is 6.26. The first-order valence-electron chi connectivity index (χ1n) is 8.99. The fourth-order valence-corrected chi connectivity index (χ4v) is 4.60. The van der Waals surface area contributed by atoms with E-state index in [1.807, 2.05) is 0 Å². The van der Waals surface area contributed by atoms with Gasteiger partial charge < -0.3 is 5.73 Å². The molecule has 0 aromatic rings. The summed E-state index contributed by atoms with van der Waals surface area (Å²) in [6.07, 6.45) is 12.6. The minimum Gasteiger partial charge on any atom is -0.329 e. The summed E-state index contributed by atoms with van der Waals surface area (Å²) in [6.45, 7) is 6.91. The second kappa shape index (κ2) is 7.26. The highest BCUT2D eigenvalue weighted by Gasteiger charge is 2.37. The Kier molecular flexibility index (Phi) is 5.92. The van der Waals surface area contributed by atoms with Crippen LogP contribution < -0.4 is 5.73 Å². The van der Waals surface area contributed by atoms with Gasteiger partial charge in [-0.05, 0) is 56.9 Å². The van der Waals surface area contributed by atoms with E-state index in [2.05, 4.69) is 25.8 Å². The van der Waals surface area contributed by atoms with Crippen molar-refractivity contribution in [1.29, 1.82) is 0 Å². The fourth-order valence-electron chi connectivity index (χ4n) is 4.60. The third-order valence-corrected chi connectivity index (χ3v) is 6.34. The second-order valence-electron chi connectivity index (χ2n) is 7.89. The van der Waals surface area contributed by atoms with E-state index in [9.17, 15) is 0 Å². The standard InChI is InChI=1S/C18H36N2/c1-15(2)17-9-6-11-18(14-19,12-10-17)20(3)13-16-7-4-5-8-16/h15-17H,4-14,19H2,1-3H3. The van der Waals surface area contributed by atoms with E-state index in [-0.39, 0.29) is 0 Å². The molecule has 118 valence electrons. The molecular weight excluding hydrogens is 244 g/mol. The summed E-state index contributed by atoms with van der Waals surface area (Å²) < 4.78 is 0. The van der Waals surface area contributed by atoms with E-state index >= 15 is 0 Å². The van der Waals surface area contributed by atoms with Crippen molar-refractivity contribution >= 4 is 0 Å². The summed E-state index contributed by atoms with van der Waals surface area (Å²) in [5.74, 6) is 2.69. The van der Waals surface area contributed by atoms with Crippen molar-refractivity contribution in [2.75, 3.05) is 20.1 Å². The molecule has 2 rings (SSSR count). The Bertz CT molecular complexity index is 283. The van der Waals surface area contributed by atoms with Crippen LogP contribution in [-0.2, 0) is 0 Å². The van der Waals surface area contributed by atoms with Gasteiger partial charge in [0.15, 0.2) is 0 Å². The Morgan fingerprint density at radius 2 is 1.75 bits per heavy atom. The zero-order valence-corrected chi connectivity index (χ0v) is 14.0. The van der Waals surface area contributed by atoms with Crippen LogP contribution in [0.5, 0.6) is 0 Å². The first kappa shape index (κ1) is 16.3. The molecule has 0 aliphatic heterocycles. The molecule has 0 spiro atoms. The van der Waals surface area contributed by atoms with Gasteiger partial charge in [-0.25, -0.2) is 0 Å². The van der Waals surface area contributed by atoms with Crippen molar-refractivity contribution in [1.82, 2.24) is 4.90 Å². The highest BCUT2D eigenvalue weighted by atomic mass is 15.2. The van der Waals surface area contributed by atoms with Gasteiger partial charge in [0.25, 0.3) is 0 Å². The average Bonchev–Trinajstić information content (AvgIpc) is 2.82. The number of likely N-dealkylation sites (N-methyl/N-ethyl adjacent to an activating group) is 1. The van der Waals surface area contributed by atoms with Crippen LogP contribution in [0.25, 0.3) is 0 Å². The van der Waals surface area contributed by atoms with Gasteiger partial charge in [-0.15, -0.1) is 0 Å². The summed E-state index contributed by atoms with van der Waals surface area (Å²) in [5, 5.41) is 0. The van der Waals surface area contributed by atoms with Crippen LogP contribution in [-0.4, -0.2) is 30.6 Å². The molecule has 2 aliphatic carbocycles. The van der Waals surface area contributed by atoms with Crippen molar-refractivity contribution in [2.24, 2.45) is 23.5 Å². The minimum absolute atomic E-state index is 0.298. The van der Waals surface area contributed by atoms with Gasteiger partial charge in [-0.1, -0.05) is 39.5 Å². The Hall–Kier alpha value is -0.0800. The lowest BCUT2D eigenvalue weighted by Crippen LogP contribution is -2.53. The molecule has 0 heterocycles. The molecule has 2 fully saturated rings. The molecule has 0 saturated heterocycles. The van der Waals surface area contributed by atoms with Crippen LogP contribution in [0.15, 0.2) is 0 Å². The molecule has 2 heteroatoms. The number of rotatable bonds is 5. The van der Waals surface area contributed by atoms with Crippen LogP contribution in [0, 0.1) is 17.8 Å². The van der Waals surface area contributed by atoms with E-state index in [0.717, 1.165) is 24.3 Å².